The Morgan fingerprint density at radius 2 is 2.00 bits per heavy atom. The summed E-state index contributed by atoms with van der Waals surface area (Å²) >= 11 is 5.71. The highest BCUT2D eigenvalue weighted by Crippen LogP contribution is 2.23. The molecule has 3 nitrogen and oxygen atoms in total. The zero-order valence-corrected chi connectivity index (χ0v) is 10.9. The van der Waals surface area contributed by atoms with Gasteiger partial charge in [-0.25, -0.2) is 4.39 Å². The molecule has 1 N–H and O–H groups in total. The first-order valence-corrected chi connectivity index (χ1v) is 5.95. The fraction of sp³-hybridized carbons (Fsp3) is 0.231. The number of hydrogen-bond acceptors (Lipinski definition) is 3. The molecule has 1 heterocycles. The highest BCUT2D eigenvalue weighted by molar-refractivity contribution is 6.30. The van der Waals surface area contributed by atoms with Gasteiger partial charge in [-0.15, -0.1) is 0 Å². The van der Waals surface area contributed by atoms with Gasteiger partial charge in [0.05, 0.1) is 23.1 Å². The molecule has 1 aromatic carbocycles. The van der Waals surface area contributed by atoms with Gasteiger partial charge in [0.1, 0.15) is 5.82 Å². The van der Waals surface area contributed by atoms with E-state index in [1.54, 1.807) is 24.5 Å². The van der Waals surface area contributed by atoms with Crippen LogP contribution >= 0.6 is 11.6 Å². The Labute approximate surface area is 110 Å². The molecular formula is C13H13ClFN3. The van der Waals surface area contributed by atoms with Crippen LogP contribution in [0.2, 0.25) is 5.02 Å². The van der Waals surface area contributed by atoms with Crippen molar-refractivity contribution in [1.29, 1.82) is 0 Å². The molecule has 0 radical (unpaired) electrons. The molecule has 0 aliphatic heterocycles. The molecule has 0 fully saturated rings. The van der Waals surface area contributed by atoms with Crippen LogP contribution in [0.5, 0.6) is 0 Å². The van der Waals surface area contributed by atoms with E-state index in [9.17, 15) is 4.39 Å². The van der Waals surface area contributed by atoms with Crippen LogP contribution in [-0.2, 0) is 0 Å². The van der Waals surface area contributed by atoms with Crippen molar-refractivity contribution < 1.29 is 4.39 Å². The summed E-state index contributed by atoms with van der Waals surface area (Å²) in [5, 5.41) is 3.43. The number of aromatic nitrogens is 2. The molecule has 0 aliphatic rings. The van der Waals surface area contributed by atoms with Crippen LogP contribution in [0, 0.1) is 12.7 Å². The maximum Gasteiger partial charge on any atom is 0.147 e. The van der Waals surface area contributed by atoms with Crippen LogP contribution in [0.1, 0.15) is 24.4 Å². The van der Waals surface area contributed by atoms with Crippen LogP contribution in [0.3, 0.4) is 0 Å². The van der Waals surface area contributed by atoms with Gasteiger partial charge < -0.3 is 5.32 Å². The molecule has 1 unspecified atom stereocenters. The molecule has 2 aromatic rings. The van der Waals surface area contributed by atoms with Crippen LogP contribution in [0.15, 0.2) is 30.6 Å². The normalized spacial score (nSPS) is 12.2. The van der Waals surface area contributed by atoms with E-state index in [4.69, 9.17) is 11.6 Å². The molecular weight excluding hydrogens is 253 g/mol. The summed E-state index contributed by atoms with van der Waals surface area (Å²) in [4.78, 5) is 8.41. The SMILES string of the molecule is Cc1nccnc1C(C)Nc1ccc(Cl)cc1F. The van der Waals surface area contributed by atoms with Crippen molar-refractivity contribution >= 4 is 17.3 Å². The smallest absolute Gasteiger partial charge is 0.147 e. The maximum absolute atomic E-state index is 13.6. The van der Waals surface area contributed by atoms with Crippen molar-refractivity contribution in [3.05, 3.63) is 52.8 Å². The molecule has 0 saturated heterocycles. The molecule has 0 aliphatic carbocycles. The monoisotopic (exact) mass is 265 g/mol. The zero-order chi connectivity index (χ0) is 13.1. The molecule has 0 bridgehead atoms. The molecule has 0 spiro atoms. The van der Waals surface area contributed by atoms with Crippen molar-refractivity contribution in [3.63, 3.8) is 0 Å². The van der Waals surface area contributed by atoms with E-state index in [1.807, 2.05) is 13.8 Å². The van der Waals surface area contributed by atoms with Crippen molar-refractivity contribution in [2.75, 3.05) is 5.32 Å². The van der Waals surface area contributed by atoms with E-state index < -0.39 is 0 Å². The highest BCUT2D eigenvalue weighted by Gasteiger charge is 2.12. The number of rotatable bonds is 3. The van der Waals surface area contributed by atoms with Crippen LogP contribution in [0.25, 0.3) is 0 Å². The average molecular weight is 266 g/mol. The van der Waals surface area contributed by atoms with Crippen molar-refractivity contribution in [2.45, 2.75) is 19.9 Å². The maximum atomic E-state index is 13.6. The minimum Gasteiger partial charge on any atom is -0.375 e. The summed E-state index contributed by atoms with van der Waals surface area (Å²) < 4.78 is 13.6. The first kappa shape index (κ1) is 12.8. The number of halogens is 2. The van der Waals surface area contributed by atoms with Gasteiger partial charge in [-0.3, -0.25) is 9.97 Å². The van der Waals surface area contributed by atoms with Gasteiger partial charge >= 0.3 is 0 Å². The van der Waals surface area contributed by atoms with Gasteiger partial charge in [0.15, 0.2) is 0 Å². The molecule has 1 atom stereocenters. The summed E-state index contributed by atoms with van der Waals surface area (Å²) in [6.45, 7) is 3.78. The van der Waals surface area contributed by atoms with Gasteiger partial charge in [0.2, 0.25) is 0 Å². The Balaban J connectivity index is 2.21. The summed E-state index contributed by atoms with van der Waals surface area (Å²) in [5.41, 5.74) is 2.02. The summed E-state index contributed by atoms with van der Waals surface area (Å²) in [6.07, 6.45) is 3.26. The summed E-state index contributed by atoms with van der Waals surface area (Å²) in [6, 6.07) is 4.40. The van der Waals surface area contributed by atoms with Gasteiger partial charge in [-0.2, -0.15) is 0 Å². The van der Waals surface area contributed by atoms with E-state index in [1.165, 1.54) is 6.07 Å². The van der Waals surface area contributed by atoms with E-state index in [0.29, 0.717) is 10.7 Å². The number of aryl methyl sites for hydroxylation is 1. The predicted octanol–water partition coefficient (Wildman–Crippen LogP) is 3.75. The van der Waals surface area contributed by atoms with Gasteiger partial charge in [-0.05, 0) is 32.0 Å². The molecule has 0 amide bonds. The second-order valence-electron chi connectivity index (χ2n) is 4.02. The second-order valence-corrected chi connectivity index (χ2v) is 4.45. The summed E-state index contributed by atoms with van der Waals surface area (Å²) in [7, 11) is 0. The fourth-order valence-corrected chi connectivity index (χ4v) is 1.91. The Morgan fingerprint density at radius 3 is 2.67 bits per heavy atom. The second kappa shape index (κ2) is 5.31. The van der Waals surface area contributed by atoms with Gasteiger partial charge in [0.25, 0.3) is 0 Å². The van der Waals surface area contributed by atoms with Crippen LogP contribution in [0.4, 0.5) is 10.1 Å². The lowest BCUT2D eigenvalue weighted by Gasteiger charge is -2.16. The zero-order valence-electron chi connectivity index (χ0n) is 10.1. The minimum absolute atomic E-state index is 0.130. The van der Waals surface area contributed by atoms with Crippen molar-refractivity contribution in [2.24, 2.45) is 0 Å². The van der Waals surface area contributed by atoms with Gasteiger partial charge in [0, 0.05) is 17.4 Å². The minimum atomic E-state index is -0.379. The number of hydrogen-bond donors (Lipinski definition) is 1. The third kappa shape index (κ3) is 2.76. The van der Waals surface area contributed by atoms with Crippen LogP contribution in [-0.4, -0.2) is 9.97 Å². The van der Waals surface area contributed by atoms with E-state index in [-0.39, 0.29) is 11.9 Å². The van der Waals surface area contributed by atoms with E-state index >= 15 is 0 Å². The third-order valence-electron chi connectivity index (χ3n) is 2.63. The average Bonchev–Trinajstić information content (AvgIpc) is 2.33. The quantitative estimate of drug-likeness (QED) is 0.918. The molecule has 18 heavy (non-hydrogen) atoms. The molecule has 0 saturated carbocycles. The van der Waals surface area contributed by atoms with E-state index in [0.717, 1.165) is 11.4 Å². The lowest BCUT2D eigenvalue weighted by atomic mass is 10.1. The first-order valence-electron chi connectivity index (χ1n) is 5.57. The van der Waals surface area contributed by atoms with Crippen LogP contribution < -0.4 is 5.32 Å². The lowest BCUT2D eigenvalue weighted by Crippen LogP contribution is -2.11. The lowest BCUT2D eigenvalue weighted by molar-refractivity contribution is 0.626. The Kier molecular flexibility index (Phi) is 3.77. The first-order chi connectivity index (χ1) is 8.58. The van der Waals surface area contributed by atoms with Crippen molar-refractivity contribution in [3.8, 4) is 0 Å². The number of nitrogens with one attached hydrogen (secondary N) is 1. The molecule has 1 aromatic heterocycles. The van der Waals surface area contributed by atoms with E-state index in [2.05, 4.69) is 15.3 Å². The fourth-order valence-electron chi connectivity index (χ4n) is 1.75. The Morgan fingerprint density at radius 1 is 1.28 bits per heavy atom. The Bertz CT molecular complexity index is 560. The predicted molar refractivity (Wildman–Crippen MR) is 70.2 cm³/mol. The topological polar surface area (TPSA) is 37.8 Å². The number of nitrogens with zero attached hydrogens (tertiary/aromatic N) is 2. The third-order valence-corrected chi connectivity index (χ3v) is 2.87. The van der Waals surface area contributed by atoms with Crippen molar-refractivity contribution in [1.82, 2.24) is 9.97 Å². The standard InChI is InChI=1S/C13H13ClFN3/c1-8-13(17-6-5-16-8)9(2)18-12-4-3-10(14)7-11(12)15/h3-7,9,18H,1-2H3. The highest BCUT2D eigenvalue weighted by atomic mass is 35.5. The summed E-state index contributed by atoms with van der Waals surface area (Å²) in [5.74, 6) is -0.379. The number of benzene rings is 1. The molecule has 2 rings (SSSR count). The molecule has 94 valence electrons. The Hall–Kier alpha value is -1.68. The van der Waals surface area contributed by atoms with Gasteiger partial charge in [-0.1, -0.05) is 11.6 Å². The largest absolute Gasteiger partial charge is 0.375 e. The number of anilines is 1. The molecule has 5 heteroatoms.